The van der Waals surface area contributed by atoms with Crippen molar-refractivity contribution in [3.05, 3.63) is 40.5 Å². The third-order valence-corrected chi connectivity index (χ3v) is 5.99. The van der Waals surface area contributed by atoms with Crippen molar-refractivity contribution >= 4 is 27.0 Å². The Balaban J connectivity index is 2.19. The van der Waals surface area contributed by atoms with Gasteiger partial charge in [-0.05, 0) is 58.1 Å². The first-order valence-corrected chi connectivity index (χ1v) is 8.93. The first-order chi connectivity index (χ1) is 9.92. The molecule has 0 aromatic carbocycles. The molecule has 0 bridgehead atoms. The second-order valence-corrected chi connectivity index (χ2v) is 7.84. The standard InChI is InChI=1S/C14H19N3O2S2/c1-10-4-6-13(11(2)16-10)17-21(18,19)14-7-5-12(20-14)8-9-15-3/h4-7,15,17H,8-9H2,1-3H3. The molecular formula is C14H19N3O2S2. The van der Waals surface area contributed by atoms with E-state index in [1.165, 1.54) is 11.3 Å². The summed E-state index contributed by atoms with van der Waals surface area (Å²) in [7, 11) is -1.67. The maximum absolute atomic E-state index is 12.4. The zero-order valence-corrected chi connectivity index (χ0v) is 13.9. The average Bonchev–Trinajstić information content (AvgIpc) is 2.89. The van der Waals surface area contributed by atoms with Gasteiger partial charge in [0.2, 0.25) is 0 Å². The predicted octanol–water partition coefficient (Wildman–Crippen LogP) is 2.32. The molecule has 0 spiro atoms. The SMILES string of the molecule is CNCCc1ccc(S(=O)(=O)Nc2ccc(C)nc2C)s1. The van der Waals surface area contributed by atoms with Gasteiger partial charge in [-0.15, -0.1) is 11.3 Å². The molecule has 2 N–H and O–H groups in total. The van der Waals surface area contributed by atoms with Gasteiger partial charge in [0.25, 0.3) is 10.0 Å². The minimum atomic E-state index is -3.54. The van der Waals surface area contributed by atoms with Crippen LogP contribution in [0.3, 0.4) is 0 Å². The van der Waals surface area contributed by atoms with Crippen molar-refractivity contribution in [3.63, 3.8) is 0 Å². The number of rotatable bonds is 6. The molecule has 0 radical (unpaired) electrons. The van der Waals surface area contributed by atoms with Crippen LogP contribution in [0.1, 0.15) is 16.3 Å². The van der Waals surface area contributed by atoms with Gasteiger partial charge < -0.3 is 5.32 Å². The van der Waals surface area contributed by atoms with Gasteiger partial charge in [-0.3, -0.25) is 9.71 Å². The largest absolute Gasteiger partial charge is 0.319 e. The zero-order chi connectivity index (χ0) is 15.5. The molecule has 2 aromatic heterocycles. The Morgan fingerprint density at radius 3 is 2.62 bits per heavy atom. The molecule has 0 amide bonds. The maximum Gasteiger partial charge on any atom is 0.271 e. The number of pyridine rings is 1. The monoisotopic (exact) mass is 325 g/mol. The van der Waals surface area contributed by atoms with Crippen LogP contribution < -0.4 is 10.0 Å². The molecule has 0 fully saturated rings. The summed E-state index contributed by atoms with van der Waals surface area (Å²) in [4.78, 5) is 5.31. The molecule has 0 aliphatic carbocycles. The Bertz CT molecular complexity index is 724. The maximum atomic E-state index is 12.4. The van der Waals surface area contributed by atoms with Gasteiger partial charge in [0, 0.05) is 10.6 Å². The molecule has 0 aliphatic rings. The Morgan fingerprint density at radius 1 is 1.19 bits per heavy atom. The Labute approximate surface area is 129 Å². The molecule has 0 atom stereocenters. The number of hydrogen-bond acceptors (Lipinski definition) is 5. The number of thiophene rings is 1. The van der Waals surface area contributed by atoms with Crippen LogP contribution >= 0.6 is 11.3 Å². The fourth-order valence-electron chi connectivity index (χ4n) is 1.87. The molecule has 0 aliphatic heterocycles. The molecule has 21 heavy (non-hydrogen) atoms. The summed E-state index contributed by atoms with van der Waals surface area (Å²) < 4.78 is 27.7. The number of likely N-dealkylation sites (N-methyl/N-ethyl adjacent to an activating group) is 1. The highest BCUT2D eigenvalue weighted by Gasteiger charge is 2.18. The van der Waals surface area contributed by atoms with Crippen molar-refractivity contribution in [1.82, 2.24) is 10.3 Å². The van der Waals surface area contributed by atoms with Crippen LogP contribution in [-0.2, 0) is 16.4 Å². The molecule has 5 nitrogen and oxygen atoms in total. The predicted molar refractivity (Wildman–Crippen MR) is 86.5 cm³/mol. The van der Waals surface area contributed by atoms with E-state index in [0.29, 0.717) is 15.6 Å². The quantitative estimate of drug-likeness (QED) is 0.855. The number of hydrogen-bond donors (Lipinski definition) is 2. The van der Waals surface area contributed by atoms with Crippen molar-refractivity contribution in [2.75, 3.05) is 18.3 Å². The summed E-state index contributed by atoms with van der Waals surface area (Å²) in [6.45, 7) is 4.49. The lowest BCUT2D eigenvalue weighted by atomic mass is 10.3. The van der Waals surface area contributed by atoms with Crippen molar-refractivity contribution in [3.8, 4) is 0 Å². The molecule has 0 saturated carbocycles. The van der Waals surface area contributed by atoms with Crippen molar-refractivity contribution in [2.45, 2.75) is 24.5 Å². The van der Waals surface area contributed by atoms with E-state index < -0.39 is 10.0 Å². The second-order valence-electron chi connectivity index (χ2n) is 4.77. The second kappa shape index (κ2) is 6.55. The zero-order valence-electron chi connectivity index (χ0n) is 12.3. The van der Waals surface area contributed by atoms with Crippen LogP contribution in [0.15, 0.2) is 28.5 Å². The van der Waals surface area contributed by atoms with Gasteiger partial charge in [-0.1, -0.05) is 0 Å². The molecule has 2 rings (SSSR count). The van der Waals surface area contributed by atoms with Crippen molar-refractivity contribution in [1.29, 1.82) is 0 Å². The summed E-state index contributed by atoms with van der Waals surface area (Å²) in [6, 6.07) is 7.04. The van der Waals surface area contributed by atoms with E-state index >= 15 is 0 Å². The normalized spacial score (nSPS) is 11.6. The summed E-state index contributed by atoms with van der Waals surface area (Å²) >= 11 is 1.30. The fraction of sp³-hybridized carbons (Fsp3) is 0.357. The molecule has 7 heteroatoms. The van der Waals surface area contributed by atoms with Gasteiger partial charge in [-0.2, -0.15) is 0 Å². The van der Waals surface area contributed by atoms with Crippen LogP contribution in [-0.4, -0.2) is 27.0 Å². The third-order valence-electron chi connectivity index (χ3n) is 2.99. The summed E-state index contributed by atoms with van der Waals surface area (Å²) in [5.41, 5.74) is 2.05. The van der Waals surface area contributed by atoms with E-state index in [1.807, 2.05) is 20.0 Å². The Hall–Kier alpha value is -1.44. The third kappa shape index (κ3) is 4.03. The number of nitrogens with zero attached hydrogens (tertiary/aromatic N) is 1. The smallest absolute Gasteiger partial charge is 0.271 e. The molecule has 2 heterocycles. The van der Waals surface area contributed by atoms with Crippen LogP contribution in [0.2, 0.25) is 0 Å². The van der Waals surface area contributed by atoms with Crippen LogP contribution in [0.4, 0.5) is 5.69 Å². The van der Waals surface area contributed by atoms with Crippen LogP contribution in [0.5, 0.6) is 0 Å². The Kier molecular flexibility index (Phi) is 4.97. The first kappa shape index (κ1) is 15.9. The van der Waals surface area contributed by atoms with Crippen molar-refractivity contribution in [2.24, 2.45) is 0 Å². The number of aryl methyl sites for hydroxylation is 2. The number of anilines is 1. The number of nitrogens with one attached hydrogen (secondary N) is 2. The lowest BCUT2D eigenvalue weighted by Crippen LogP contribution is -2.13. The van der Waals surface area contributed by atoms with Gasteiger partial charge in [0.05, 0.1) is 11.4 Å². The number of aromatic nitrogens is 1. The average molecular weight is 325 g/mol. The van der Waals surface area contributed by atoms with Crippen LogP contribution in [0, 0.1) is 13.8 Å². The fourth-order valence-corrected chi connectivity index (χ4v) is 4.35. The molecule has 0 saturated heterocycles. The summed E-state index contributed by atoms with van der Waals surface area (Å²) in [5.74, 6) is 0. The van der Waals surface area contributed by atoms with Crippen LogP contribution in [0.25, 0.3) is 0 Å². The highest BCUT2D eigenvalue weighted by atomic mass is 32.2. The molecule has 2 aromatic rings. The van der Waals surface area contributed by atoms with Crippen molar-refractivity contribution < 1.29 is 8.42 Å². The molecule has 114 valence electrons. The van der Waals surface area contributed by atoms with E-state index in [9.17, 15) is 8.42 Å². The summed E-state index contributed by atoms with van der Waals surface area (Å²) in [5, 5.41) is 3.05. The summed E-state index contributed by atoms with van der Waals surface area (Å²) in [6.07, 6.45) is 0.821. The first-order valence-electron chi connectivity index (χ1n) is 6.63. The minimum absolute atomic E-state index is 0.327. The lowest BCUT2D eigenvalue weighted by molar-refractivity contribution is 0.603. The van der Waals surface area contributed by atoms with Gasteiger partial charge in [0.15, 0.2) is 0 Å². The topological polar surface area (TPSA) is 71.1 Å². The minimum Gasteiger partial charge on any atom is -0.319 e. The van der Waals surface area contributed by atoms with E-state index in [0.717, 1.165) is 23.5 Å². The van der Waals surface area contributed by atoms with E-state index in [4.69, 9.17) is 0 Å². The van der Waals surface area contributed by atoms with Gasteiger partial charge in [0.1, 0.15) is 4.21 Å². The Morgan fingerprint density at radius 2 is 1.95 bits per heavy atom. The van der Waals surface area contributed by atoms with Gasteiger partial charge >= 0.3 is 0 Å². The lowest BCUT2D eigenvalue weighted by Gasteiger charge is -2.09. The van der Waals surface area contributed by atoms with E-state index in [2.05, 4.69) is 15.0 Å². The van der Waals surface area contributed by atoms with Gasteiger partial charge in [-0.25, -0.2) is 8.42 Å². The van der Waals surface area contributed by atoms with E-state index in [-0.39, 0.29) is 0 Å². The molecular weight excluding hydrogens is 306 g/mol. The number of sulfonamides is 1. The highest BCUT2D eigenvalue weighted by Crippen LogP contribution is 2.25. The highest BCUT2D eigenvalue weighted by molar-refractivity contribution is 7.94. The molecule has 0 unspecified atom stereocenters. The van der Waals surface area contributed by atoms with E-state index in [1.54, 1.807) is 25.1 Å².